The van der Waals surface area contributed by atoms with Crippen molar-refractivity contribution in [2.24, 2.45) is 5.73 Å². The first-order valence-electron chi connectivity index (χ1n) is 11.2. The van der Waals surface area contributed by atoms with Gasteiger partial charge in [0, 0.05) is 28.8 Å². The Hall–Kier alpha value is -3.46. The first kappa shape index (κ1) is 22.3. The Morgan fingerprint density at radius 3 is 2.65 bits per heavy atom. The van der Waals surface area contributed by atoms with Gasteiger partial charge in [-0.15, -0.1) is 0 Å². The Labute approximate surface area is 194 Å². The van der Waals surface area contributed by atoms with Crippen molar-refractivity contribution >= 4 is 23.2 Å². The summed E-state index contributed by atoms with van der Waals surface area (Å²) in [6, 6.07) is 11.2. The number of hydrogen-bond donors (Lipinski definition) is 3. The molecule has 0 spiro atoms. The number of aryl methyl sites for hydroxylation is 2. The van der Waals surface area contributed by atoms with Crippen LogP contribution in [0.2, 0.25) is 0 Å². The van der Waals surface area contributed by atoms with Gasteiger partial charge in [-0.3, -0.25) is 4.79 Å². The topological polar surface area (TPSA) is 92.9 Å². The molecule has 3 aromatic rings. The van der Waals surface area contributed by atoms with Crippen molar-refractivity contribution in [3.8, 4) is 0 Å². The molecule has 0 saturated heterocycles. The molecule has 5 rings (SSSR count). The predicted molar refractivity (Wildman–Crippen MR) is 123 cm³/mol. The SMILES string of the molecule is NC1(c2cc(C(F)(F)F)ccc2CCc2ccnc(Nc3ccc4c(c3)CC(=O)N4)n2)CCC1. The van der Waals surface area contributed by atoms with Crippen LogP contribution in [0.3, 0.4) is 0 Å². The van der Waals surface area contributed by atoms with E-state index in [4.69, 9.17) is 5.73 Å². The maximum atomic E-state index is 13.3. The highest BCUT2D eigenvalue weighted by atomic mass is 19.4. The zero-order valence-electron chi connectivity index (χ0n) is 18.4. The van der Waals surface area contributed by atoms with Gasteiger partial charge in [0.05, 0.1) is 12.0 Å². The number of nitrogens with one attached hydrogen (secondary N) is 2. The molecule has 34 heavy (non-hydrogen) atoms. The molecular weight excluding hydrogens is 443 g/mol. The second kappa shape index (κ2) is 8.39. The van der Waals surface area contributed by atoms with Crippen LogP contribution in [0.15, 0.2) is 48.7 Å². The molecule has 9 heteroatoms. The van der Waals surface area contributed by atoms with E-state index in [1.54, 1.807) is 18.3 Å². The second-order valence-electron chi connectivity index (χ2n) is 8.97. The van der Waals surface area contributed by atoms with E-state index in [2.05, 4.69) is 20.6 Å². The van der Waals surface area contributed by atoms with Crippen LogP contribution in [0.25, 0.3) is 0 Å². The van der Waals surface area contributed by atoms with Crippen molar-refractivity contribution in [1.29, 1.82) is 0 Å². The molecule has 2 aromatic carbocycles. The Morgan fingerprint density at radius 1 is 1.09 bits per heavy atom. The number of halogens is 3. The van der Waals surface area contributed by atoms with E-state index in [0.717, 1.165) is 40.7 Å². The standard InChI is InChI=1S/C25H24F3N5O/c26-25(27,28)17-4-2-15(20(14-17)24(29)9-1-10-24)3-5-18-8-11-30-23(31-18)32-19-6-7-21-16(12-19)13-22(34)33-21/h2,4,6-8,11-12,14H,1,3,5,9-10,13,29H2,(H,33,34)(H,30,31,32). The van der Waals surface area contributed by atoms with Crippen LogP contribution in [0, 0.1) is 0 Å². The summed E-state index contributed by atoms with van der Waals surface area (Å²) in [4.78, 5) is 20.4. The number of anilines is 3. The lowest BCUT2D eigenvalue weighted by Gasteiger charge is -2.40. The van der Waals surface area contributed by atoms with E-state index in [1.807, 2.05) is 18.2 Å². The Bertz CT molecular complexity index is 1250. The molecule has 0 unspecified atom stereocenters. The monoisotopic (exact) mass is 467 g/mol. The van der Waals surface area contributed by atoms with E-state index in [-0.39, 0.29) is 5.91 Å². The van der Waals surface area contributed by atoms with E-state index < -0.39 is 17.3 Å². The summed E-state index contributed by atoms with van der Waals surface area (Å²) in [6.45, 7) is 0. The molecule has 0 radical (unpaired) electrons. The molecule has 1 aromatic heterocycles. The molecule has 1 saturated carbocycles. The smallest absolute Gasteiger partial charge is 0.326 e. The number of carbonyl (C=O) groups is 1. The zero-order valence-corrected chi connectivity index (χ0v) is 18.4. The van der Waals surface area contributed by atoms with Crippen LogP contribution in [-0.2, 0) is 35.8 Å². The summed E-state index contributed by atoms with van der Waals surface area (Å²) in [5, 5.41) is 5.95. The fourth-order valence-corrected chi connectivity index (χ4v) is 4.56. The molecule has 1 aliphatic carbocycles. The number of nitrogens with two attached hydrogens (primary N) is 1. The van der Waals surface area contributed by atoms with Crippen LogP contribution in [0.5, 0.6) is 0 Å². The average molecular weight is 467 g/mol. The predicted octanol–water partition coefficient (Wildman–Crippen LogP) is 4.86. The number of nitrogens with zero attached hydrogens (tertiary/aromatic N) is 2. The third-order valence-corrected chi connectivity index (χ3v) is 6.57. The third kappa shape index (κ3) is 4.48. The number of amides is 1. The summed E-state index contributed by atoms with van der Waals surface area (Å²) in [5.74, 6) is 0.380. The maximum Gasteiger partial charge on any atom is 0.416 e. The number of hydrogen-bond acceptors (Lipinski definition) is 5. The molecule has 2 heterocycles. The van der Waals surface area contributed by atoms with Gasteiger partial charge in [-0.1, -0.05) is 6.07 Å². The fourth-order valence-electron chi connectivity index (χ4n) is 4.56. The van der Waals surface area contributed by atoms with Gasteiger partial charge in [-0.05, 0) is 85.2 Å². The summed E-state index contributed by atoms with van der Waals surface area (Å²) < 4.78 is 39.9. The van der Waals surface area contributed by atoms with Crippen molar-refractivity contribution in [2.45, 2.75) is 50.2 Å². The highest BCUT2D eigenvalue weighted by Crippen LogP contribution is 2.42. The van der Waals surface area contributed by atoms with Crippen LogP contribution < -0.4 is 16.4 Å². The highest BCUT2D eigenvalue weighted by molar-refractivity contribution is 5.99. The lowest BCUT2D eigenvalue weighted by atomic mass is 9.70. The van der Waals surface area contributed by atoms with E-state index in [0.29, 0.717) is 43.6 Å². The minimum absolute atomic E-state index is 0.0332. The average Bonchev–Trinajstić information content (AvgIpc) is 3.15. The first-order chi connectivity index (χ1) is 16.2. The van der Waals surface area contributed by atoms with Crippen LogP contribution in [0.1, 0.15) is 47.2 Å². The Kier molecular flexibility index (Phi) is 5.51. The van der Waals surface area contributed by atoms with Gasteiger partial charge in [-0.2, -0.15) is 13.2 Å². The van der Waals surface area contributed by atoms with Gasteiger partial charge < -0.3 is 16.4 Å². The largest absolute Gasteiger partial charge is 0.416 e. The number of aromatic nitrogens is 2. The Balaban J connectivity index is 1.32. The van der Waals surface area contributed by atoms with Gasteiger partial charge in [0.15, 0.2) is 0 Å². The maximum absolute atomic E-state index is 13.3. The normalized spacial score (nSPS) is 16.5. The zero-order chi connectivity index (χ0) is 23.9. The van der Waals surface area contributed by atoms with Gasteiger partial charge in [0.25, 0.3) is 0 Å². The van der Waals surface area contributed by atoms with Gasteiger partial charge in [-0.25, -0.2) is 9.97 Å². The van der Waals surface area contributed by atoms with Crippen molar-refractivity contribution in [1.82, 2.24) is 9.97 Å². The van der Waals surface area contributed by atoms with E-state index >= 15 is 0 Å². The number of benzene rings is 2. The number of fused-ring (bicyclic) bond motifs is 1. The van der Waals surface area contributed by atoms with Crippen molar-refractivity contribution in [2.75, 3.05) is 10.6 Å². The highest BCUT2D eigenvalue weighted by Gasteiger charge is 2.38. The molecule has 4 N–H and O–H groups in total. The van der Waals surface area contributed by atoms with Crippen molar-refractivity contribution < 1.29 is 18.0 Å². The molecule has 1 amide bonds. The van der Waals surface area contributed by atoms with E-state index in [9.17, 15) is 18.0 Å². The minimum Gasteiger partial charge on any atom is -0.326 e. The minimum atomic E-state index is -4.40. The molecule has 1 fully saturated rings. The first-order valence-corrected chi connectivity index (χ1v) is 11.2. The second-order valence-corrected chi connectivity index (χ2v) is 8.97. The molecule has 176 valence electrons. The summed E-state index contributed by atoms with van der Waals surface area (Å²) >= 11 is 0. The summed E-state index contributed by atoms with van der Waals surface area (Å²) in [5.41, 5.74) is 9.73. The fraction of sp³-hybridized carbons (Fsp3) is 0.320. The molecule has 0 bridgehead atoms. The Morgan fingerprint density at radius 2 is 1.91 bits per heavy atom. The molecular formula is C25H24F3N5O. The van der Waals surface area contributed by atoms with Gasteiger partial charge in [0.2, 0.25) is 11.9 Å². The molecule has 0 atom stereocenters. The number of rotatable bonds is 6. The lowest BCUT2D eigenvalue weighted by Crippen LogP contribution is -2.44. The van der Waals surface area contributed by atoms with Crippen LogP contribution in [-0.4, -0.2) is 15.9 Å². The van der Waals surface area contributed by atoms with Crippen molar-refractivity contribution in [3.63, 3.8) is 0 Å². The van der Waals surface area contributed by atoms with Crippen LogP contribution in [0.4, 0.5) is 30.5 Å². The van der Waals surface area contributed by atoms with Crippen LogP contribution >= 0.6 is 0 Å². The summed E-state index contributed by atoms with van der Waals surface area (Å²) in [6.07, 6.45) is 0.928. The number of carbonyl (C=O) groups excluding carboxylic acids is 1. The van der Waals surface area contributed by atoms with Crippen molar-refractivity contribution in [3.05, 3.63) is 76.6 Å². The lowest BCUT2D eigenvalue weighted by molar-refractivity contribution is -0.137. The van der Waals surface area contributed by atoms with E-state index in [1.165, 1.54) is 6.07 Å². The van der Waals surface area contributed by atoms with Gasteiger partial charge in [0.1, 0.15) is 0 Å². The third-order valence-electron chi connectivity index (χ3n) is 6.57. The molecule has 6 nitrogen and oxygen atoms in total. The summed E-state index contributed by atoms with van der Waals surface area (Å²) in [7, 11) is 0. The molecule has 2 aliphatic rings. The molecule has 1 aliphatic heterocycles. The van der Waals surface area contributed by atoms with Gasteiger partial charge >= 0.3 is 6.18 Å². The number of alkyl halides is 3. The quantitative estimate of drug-likeness (QED) is 0.482.